The molecule has 23 heavy (non-hydrogen) atoms. The van der Waals surface area contributed by atoms with E-state index in [1.54, 1.807) is 12.5 Å². The number of anilines is 1. The van der Waals surface area contributed by atoms with E-state index in [1.165, 1.54) is 6.26 Å². The molecule has 0 unspecified atom stereocenters. The highest BCUT2D eigenvalue weighted by Crippen LogP contribution is 2.18. The van der Waals surface area contributed by atoms with Gasteiger partial charge in [0.15, 0.2) is 0 Å². The Hall–Kier alpha value is -1.93. The second-order valence-electron chi connectivity index (χ2n) is 5.91. The smallest absolute Gasteiger partial charge is 0.208 e. The van der Waals surface area contributed by atoms with E-state index in [1.807, 2.05) is 23.0 Å². The number of hydrogen-bond donors (Lipinski definition) is 1. The van der Waals surface area contributed by atoms with Crippen molar-refractivity contribution in [1.29, 1.82) is 0 Å². The molecule has 0 amide bonds. The van der Waals surface area contributed by atoms with E-state index in [9.17, 15) is 8.42 Å². The van der Waals surface area contributed by atoms with Gasteiger partial charge in [-0.25, -0.2) is 23.1 Å². The van der Waals surface area contributed by atoms with Crippen LogP contribution < -0.4 is 9.62 Å². The Morgan fingerprint density at radius 2 is 2.09 bits per heavy atom. The summed E-state index contributed by atoms with van der Waals surface area (Å²) in [5.41, 5.74) is 1.13. The number of nitrogens with one attached hydrogen (secondary N) is 1. The molecular formula is C15H21N5O2S. The Kier molecular flexibility index (Phi) is 4.63. The number of nitrogens with zero attached hydrogens (tertiary/aromatic N) is 4. The molecule has 8 heteroatoms. The van der Waals surface area contributed by atoms with Gasteiger partial charge in [0.1, 0.15) is 5.82 Å². The summed E-state index contributed by atoms with van der Waals surface area (Å²) < 4.78 is 27.2. The first-order valence-electron chi connectivity index (χ1n) is 7.62. The summed E-state index contributed by atoms with van der Waals surface area (Å²) in [5, 5.41) is 0. The molecule has 0 saturated carbocycles. The van der Waals surface area contributed by atoms with Gasteiger partial charge in [-0.3, -0.25) is 0 Å². The first-order valence-corrected chi connectivity index (χ1v) is 9.52. The lowest BCUT2D eigenvalue weighted by molar-refractivity contribution is 0.460. The Labute approximate surface area is 136 Å². The molecule has 1 fully saturated rings. The molecule has 0 spiro atoms. The molecule has 3 heterocycles. The third-order valence-corrected chi connectivity index (χ3v) is 4.69. The van der Waals surface area contributed by atoms with Crippen LogP contribution in [0.5, 0.6) is 0 Å². The minimum atomic E-state index is -3.13. The van der Waals surface area contributed by atoms with Crippen molar-refractivity contribution in [3.05, 3.63) is 42.6 Å². The van der Waals surface area contributed by atoms with Gasteiger partial charge in [0, 0.05) is 44.3 Å². The van der Waals surface area contributed by atoms with Gasteiger partial charge < -0.3 is 9.47 Å². The van der Waals surface area contributed by atoms with E-state index < -0.39 is 10.0 Å². The van der Waals surface area contributed by atoms with Crippen LogP contribution in [0.1, 0.15) is 18.4 Å². The summed E-state index contributed by atoms with van der Waals surface area (Å²) in [6, 6.07) is 4.13. The molecule has 0 atom stereocenters. The molecule has 0 bridgehead atoms. The van der Waals surface area contributed by atoms with E-state index >= 15 is 0 Å². The molecule has 124 valence electrons. The van der Waals surface area contributed by atoms with Gasteiger partial charge in [-0.05, 0) is 24.5 Å². The lowest BCUT2D eigenvalue weighted by Gasteiger charge is -2.32. The normalized spacial score (nSPS) is 16.7. The topological polar surface area (TPSA) is 80.1 Å². The van der Waals surface area contributed by atoms with Crippen molar-refractivity contribution in [2.24, 2.45) is 0 Å². The van der Waals surface area contributed by atoms with E-state index in [0.717, 1.165) is 43.9 Å². The Bertz CT molecular complexity index is 720. The zero-order valence-corrected chi connectivity index (χ0v) is 13.9. The number of hydrogen-bond acceptors (Lipinski definition) is 5. The summed E-state index contributed by atoms with van der Waals surface area (Å²) in [4.78, 5) is 10.8. The summed E-state index contributed by atoms with van der Waals surface area (Å²) in [6.45, 7) is 2.37. The molecular weight excluding hydrogens is 314 g/mol. The highest BCUT2D eigenvalue weighted by atomic mass is 32.2. The highest BCUT2D eigenvalue weighted by Gasteiger charge is 2.22. The van der Waals surface area contributed by atoms with Crippen molar-refractivity contribution >= 4 is 15.8 Å². The lowest BCUT2D eigenvalue weighted by atomic mass is 10.1. The van der Waals surface area contributed by atoms with Gasteiger partial charge in [0.25, 0.3) is 0 Å². The van der Waals surface area contributed by atoms with Gasteiger partial charge in [-0.15, -0.1) is 0 Å². The summed E-state index contributed by atoms with van der Waals surface area (Å²) in [6.07, 6.45) is 10.2. The predicted octanol–water partition coefficient (Wildman–Crippen LogP) is 0.844. The van der Waals surface area contributed by atoms with Gasteiger partial charge >= 0.3 is 0 Å². The molecule has 7 nitrogen and oxygen atoms in total. The second kappa shape index (κ2) is 6.67. The fourth-order valence-electron chi connectivity index (χ4n) is 2.82. The van der Waals surface area contributed by atoms with Crippen LogP contribution in [0.15, 0.2) is 37.1 Å². The average molecular weight is 335 g/mol. The largest absolute Gasteiger partial charge is 0.357 e. The maximum absolute atomic E-state index is 11.3. The van der Waals surface area contributed by atoms with Crippen molar-refractivity contribution in [3.63, 3.8) is 0 Å². The van der Waals surface area contributed by atoms with Gasteiger partial charge in [0.2, 0.25) is 10.0 Å². The van der Waals surface area contributed by atoms with Crippen LogP contribution in [0.25, 0.3) is 0 Å². The van der Waals surface area contributed by atoms with Crippen LogP contribution >= 0.6 is 0 Å². The summed E-state index contributed by atoms with van der Waals surface area (Å²) >= 11 is 0. The molecule has 1 aliphatic heterocycles. The monoisotopic (exact) mass is 335 g/mol. The van der Waals surface area contributed by atoms with Crippen LogP contribution in [0.2, 0.25) is 0 Å². The molecule has 1 saturated heterocycles. The SMILES string of the molecule is CS(=O)(=O)NC1CCN(c2ccc(Cn3ccnc3)cn2)CC1. The average Bonchev–Trinajstić information content (AvgIpc) is 3.00. The summed E-state index contributed by atoms with van der Waals surface area (Å²) in [7, 11) is -3.13. The minimum absolute atomic E-state index is 0.0294. The maximum Gasteiger partial charge on any atom is 0.208 e. The second-order valence-corrected chi connectivity index (χ2v) is 7.69. The molecule has 2 aromatic heterocycles. The van der Waals surface area contributed by atoms with Crippen LogP contribution in [0, 0.1) is 0 Å². The first-order chi connectivity index (χ1) is 11.0. The van der Waals surface area contributed by atoms with E-state index in [0.29, 0.717) is 0 Å². The lowest BCUT2D eigenvalue weighted by Crippen LogP contribution is -2.44. The Morgan fingerprint density at radius 1 is 1.30 bits per heavy atom. The van der Waals surface area contributed by atoms with Crippen LogP contribution in [-0.2, 0) is 16.6 Å². The van der Waals surface area contributed by atoms with Crippen molar-refractivity contribution in [2.45, 2.75) is 25.4 Å². The molecule has 3 rings (SSSR count). The number of rotatable bonds is 5. The quantitative estimate of drug-likeness (QED) is 0.876. The van der Waals surface area contributed by atoms with Crippen LogP contribution in [0.3, 0.4) is 0 Å². The fraction of sp³-hybridized carbons (Fsp3) is 0.467. The van der Waals surface area contributed by atoms with Gasteiger partial charge in [0.05, 0.1) is 12.6 Å². The molecule has 1 aliphatic rings. The van der Waals surface area contributed by atoms with Gasteiger partial charge in [-0.2, -0.15) is 0 Å². The van der Waals surface area contributed by atoms with E-state index in [2.05, 4.69) is 25.7 Å². The molecule has 1 N–H and O–H groups in total. The fourth-order valence-corrected chi connectivity index (χ4v) is 3.66. The summed E-state index contributed by atoms with van der Waals surface area (Å²) in [5.74, 6) is 0.942. The van der Waals surface area contributed by atoms with Crippen LogP contribution in [0.4, 0.5) is 5.82 Å². The standard InChI is InChI=1S/C15H21N5O2S/c1-23(21,22)18-14-4-7-20(8-5-14)15-3-2-13(10-17-15)11-19-9-6-16-12-19/h2-3,6,9-10,12,14,18H,4-5,7-8,11H2,1H3. The molecule has 0 aliphatic carbocycles. The highest BCUT2D eigenvalue weighted by molar-refractivity contribution is 7.88. The zero-order valence-electron chi connectivity index (χ0n) is 13.1. The van der Waals surface area contributed by atoms with Crippen molar-refractivity contribution in [3.8, 4) is 0 Å². The molecule has 0 radical (unpaired) electrons. The van der Waals surface area contributed by atoms with Crippen molar-refractivity contribution < 1.29 is 8.42 Å². The number of piperidine rings is 1. The van der Waals surface area contributed by atoms with Crippen LogP contribution in [-0.4, -0.2) is 48.3 Å². The maximum atomic E-state index is 11.3. The number of aromatic nitrogens is 3. The molecule has 0 aromatic carbocycles. The minimum Gasteiger partial charge on any atom is -0.357 e. The van der Waals surface area contributed by atoms with Gasteiger partial charge in [-0.1, -0.05) is 6.07 Å². The third kappa shape index (κ3) is 4.52. The molecule has 2 aromatic rings. The Morgan fingerprint density at radius 3 is 2.65 bits per heavy atom. The Balaban J connectivity index is 1.56. The number of pyridine rings is 1. The number of imidazole rings is 1. The van der Waals surface area contributed by atoms with E-state index in [-0.39, 0.29) is 6.04 Å². The predicted molar refractivity (Wildman–Crippen MR) is 88.8 cm³/mol. The van der Waals surface area contributed by atoms with Crippen molar-refractivity contribution in [2.75, 3.05) is 24.2 Å². The first kappa shape index (κ1) is 15.9. The van der Waals surface area contributed by atoms with E-state index in [4.69, 9.17) is 0 Å². The third-order valence-electron chi connectivity index (χ3n) is 3.93. The zero-order chi connectivity index (χ0) is 16.3. The number of sulfonamides is 1. The van der Waals surface area contributed by atoms with Crippen molar-refractivity contribution in [1.82, 2.24) is 19.3 Å².